The van der Waals surface area contributed by atoms with Gasteiger partial charge < -0.3 is 19.8 Å². The molecule has 1 aliphatic rings. The van der Waals surface area contributed by atoms with Crippen molar-refractivity contribution in [1.29, 1.82) is 0 Å². The number of carbonyl (C=O) groups excluding carboxylic acids is 1. The van der Waals surface area contributed by atoms with E-state index in [-0.39, 0.29) is 35.8 Å². The first-order valence-electron chi connectivity index (χ1n) is 8.43. The maximum Gasteiger partial charge on any atom is 0.417 e. The smallest absolute Gasteiger partial charge is 0.417 e. The minimum absolute atomic E-state index is 0.0100. The zero-order chi connectivity index (χ0) is 21.2. The van der Waals surface area contributed by atoms with Crippen molar-refractivity contribution in [3.63, 3.8) is 0 Å². The first-order valence-corrected chi connectivity index (χ1v) is 8.43. The van der Waals surface area contributed by atoms with Crippen LogP contribution in [0.25, 0.3) is 11.1 Å². The van der Waals surface area contributed by atoms with Gasteiger partial charge in [-0.3, -0.25) is 4.79 Å². The number of methoxy groups -OCH3 is 1. The maximum absolute atomic E-state index is 13.5. The Kier molecular flexibility index (Phi) is 5.72. The van der Waals surface area contributed by atoms with Crippen molar-refractivity contribution in [2.75, 3.05) is 20.2 Å². The summed E-state index contributed by atoms with van der Waals surface area (Å²) >= 11 is 0. The lowest BCUT2D eigenvalue weighted by Crippen LogP contribution is -2.28. The van der Waals surface area contributed by atoms with Gasteiger partial charge >= 0.3 is 12.2 Å². The van der Waals surface area contributed by atoms with Gasteiger partial charge in [0.05, 0.1) is 38.0 Å². The number of likely N-dealkylation sites (tertiary alicyclic amines) is 1. The van der Waals surface area contributed by atoms with Crippen LogP contribution < -0.4 is 4.74 Å². The molecule has 0 unspecified atom stereocenters. The number of amides is 1. The normalized spacial score (nSPS) is 18.9. The second kappa shape index (κ2) is 8.06. The summed E-state index contributed by atoms with van der Waals surface area (Å²) in [6.45, 7) is -0.169. The van der Waals surface area contributed by atoms with E-state index in [9.17, 15) is 28.2 Å². The highest BCUT2D eigenvalue weighted by atomic mass is 19.4. The lowest BCUT2D eigenvalue weighted by molar-refractivity contribution is -0.137. The summed E-state index contributed by atoms with van der Waals surface area (Å²) in [5.74, 6) is 3.95. The highest BCUT2D eigenvalue weighted by molar-refractivity contribution is 5.94. The van der Waals surface area contributed by atoms with Gasteiger partial charge in [-0.2, -0.15) is 13.2 Å². The van der Waals surface area contributed by atoms with Gasteiger partial charge in [-0.25, -0.2) is 9.97 Å². The predicted molar refractivity (Wildman–Crippen MR) is 94.5 cm³/mol. The van der Waals surface area contributed by atoms with E-state index in [1.807, 2.05) is 0 Å². The van der Waals surface area contributed by atoms with Crippen LogP contribution in [-0.4, -0.2) is 63.4 Å². The largest absolute Gasteiger partial charge is 0.467 e. The molecular weight excluding hydrogens is 391 g/mol. The number of halogens is 3. The first-order chi connectivity index (χ1) is 13.7. The minimum Gasteiger partial charge on any atom is -0.467 e. The zero-order valence-corrected chi connectivity index (χ0v) is 15.1. The average molecular weight is 407 g/mol. The molecule has 2 heterocycles. The van der Waals surface area contributed by atoms with Crippen molar-refractivity contribution < 1.29 is 32.9 Å². The lowest BCUT2D eigenvalue weighted by Gasteiger charge is -2.13. The van der Waals surface area contributed by atoms with Gasteiger partial charge in [-0.1, -0.05) is 12.0 Å². The molecule has 2 aromatic rings. The van der Waals surface area contributed by atoms with Crippen molar-refractivity contribution in [2.45, 2.75) is 18.4 Å². The van der Waals surface area contributed by atoms with E-state index >= 15 is 0 Å². The molecule has 1 fully saturated rings. The van der Waals surface area contributed by atoms with Crippen LogP contribution in [0.3, 0.4) is 0 Å². The summed E-state index contributed by atoms with van der Waals surface area (Å²) in [7, 11) is 1.34. The number of hydrogen-bond donors (Lipinski definition) is 2. The molecule has 0 aliphatic carbocycles. The van der Waals surface area contributed by atoms with Gasteiger partial charge in [-0.05, 0) is 17.7 Å². The van der Waals surface area contributed by atoms with Crippen molar-refractivity contribution >= 4 is 5.91 Å². The SMILES string of the molecule is COc1ncc(-c2ccc(C#CC(=O)N3C[C@@H](O)[C@@H](O)C3)cc2C(F)(F)F)cn1. The highest BCUT2D eigenvalue weighted by Crippen LogP contribution is 2.37. The van der Waals surface area contributed by atoms with Gasteiger partial charge in [0.15, 0.2) is 0 Å². The molecule has 1 amide bonds. The van der Waals surface area contributed by atoms with Crippen molar-refractivity contribution in [1.82, 2.24) is 14.9 Å². The molecule has 0 saturated carbocycles. The molecule has 0 radical (unpaired) electrons. The fourth-order valence-electron chi connectivity index (χ4n) is 2.81. The van der Waals surface area contributed by atoms with Crippen LogP contribution in [0, 0.1) is 11.8 Å². The average Bonchev–Trinajstić information content (AvgIpc) is 3.04. The van der Waals surface area contributed by atoms with Gasteiger partial charge in [0, 0.05) is 29.4 Å². The molecule has 1 aromatic carbocycles. The minimum atomic E-state index is -4.67. The van der Waals surface area contributed by atoms with Crippen molar-refractivity contribution in [3.05, 3.63) is 41.7 Å². The summed E-state index contributed by atoms with van der Waals surface area (Å²) in [6.07, 6.45) is -4.36. The number of ether oxygens (including phenoxy) is 1. The van der Waals surface area contributed by atoms with Crippen LogP contribution in [-0.2, 0) is 11.0 Å². The van der Waals surface area contributed by atoms with E-state index < -0.39 is 29.9 Å². The van der Waals surface area contributed by atoms with Crippen LogP contribution in [0.2, 0.25) is 0 Å². The Morgan fingerprint density at radius 3 is 2.38 bits per heavy atom. The summed E-state index contributed by atoms with van der Waals surface area (Å²) in [5.41, 5.74) is -0.946. The molecule has 0 bridgehead atoms. The number of aliphatic hydroxyl groups excluding tert-OH is 2. The number of nitrogens with zero attached hydrogens (tertiary/aromatic N) is 3. The van der Waals surface area contributed by atoms with Gasteiger partial charge in [-0.15, -0.1) is 0 Å². The monoisotopic (exact) mass is 407 g/mol. The Labute approximate surface area is 163 Å². The van der Waals surface area contributed by atoms with Gasteiger partial charge in [0.1, 0.15) is 0 Å². The van der Waals surface area contributed by atoms with E-state index in [1.165, 1.54) is 31.6 Å². The molecular formula is C19H16F3N3O4. The summed E-state index contributed by atoms with van der Waals surface area (Å²) in [4.78, 5) is 20.8. The van der Waals surface area contributed by atoms with Crippen molar-refractivity contribution in [3.8, 4) is 29.0 Å². The fraction of sp³-hybridized carbons (Fsp3) is 0.316. The Morgan fingerprint density at radius 1 is 1.21 bits per heavy atom. The molecule has 3 rings (SSSR count). The molecule has 7 nitrogen and oxygen atoms in total. The second-order valence-electron chi connectivity index (χ2n) is 6.31. The number of aliphatic hydroxyl groups is 2. The van der Waals surface area contributed by atoms with Crippen LogP contribution >= 0.6 is 0 Å². The first kappa shape index (κ1) is 20.6. The Bertz CT molecular complexity index is 957. The zero-order valence-electron chi connectivity index (χ0n) is 15.1. The predicted octanol–water partition coefficient (Wildman–Crippen LogP) is 1.09. The van der Waals surface area contributed by atoms with Crippen LogP contribution in [0.4, 0.5) is 13.2 Å². The second-order valence-corrected chi connectivity index (χ2v) is 6.31. The van der Waals surface area contributed by atoms with E-state index in [0.29, 0.717) is 0 Å². The molecule has 2 atom stereocenters. The molecule has 2 N–H and O–H groups in total. The summed E-state index contributed by atoms with van der Waals surface area (Å²) < 4.78 is 45.4. The summed E-state index contributed by atoms with van der Waals surface area (Å²) in [6, 6.07) is 3.45. The molecule has 152 valence electrons. The topological polar surface area (TPSA) is 95.8 Å². The number of rotatable bonds is 2. The number of benzene rings is 1. The molecule has 1 aromatic heterocycles. The van der Waals surface area contributed by atoms with Crippen LogP contribution in [0.1, 0.15) is 11.1 Å². The third-order valence-electron chi connectivity index (χ3n) is 4.31. The molecule has 10 heteroatoms. The third-order valence-corrected chi connectivity index (χ3v) is 4.31. The van der Waals surface area contributed by atoms with Crippen molar-refractivity contribution in [2.24, 2.45) is 0 Å². The van der Waals surface area contributed by atoms with E-state index in [1.54, 1.807) is 0 Å². The number of alkyl halides is 3. The summed E-state index contributed by atoms with van der Waals surface area (Å²) in [5, 5.41) is 18.9. The molecule has 1 aliphatic heterocycles. The van der Waals surface area contributed by atoms with E-state index in [0.717, 1.165) is 11.0 Å². The molecule has 29 heavy (non-hydrogen) atoms. The number of carbonyl (C=O) groups is 1. The van der Waals surface area contributed by atoms with Crippen LogP contribution in [0.5, 0.6) is 6.01 Å². The third kappa shape index (κ3) is 4.64. The quantitative estimate of drug-likeness (QED) is 0.724. The van der Waals surface area contributed by atoms with E-state index in [2.05, 4.69) is 21.8 Å². The number of aromatic nitrogens is 2. The Balaban J connectivity index is 1.90. The van der Waals surface area contributed by atoms with Gasteiger partial charge in [0.25, 0.3) is 5.91 Å². The van der Waals surface area contributed by atoms with Gasteiger partial charge in [0.2, 0.25) is 0 Å². The Hall–Kier alpha value is -3.16. The molecule has 1 saturated heterocycles. The fourth-order valence-corrected chi connectivity index (χ4v) is 2.81. The standard InChI is InChI=1S/C19H16F3N3O4/c1-29-18-23-7-12(8-24-18)13-4-2-11(6-14(13)19(20,21)22)3-5-17(28)25-9-15(26)16(27)10-25/h2,4,6-8,15-16,26-27H,9-10H2,1H3/t15-,16+. The number of hydrogen-bond acceptors (Lipinski definition) is 6. The maximum atomic E-state index is 13.5. The molecule has 0 spiro atoms. The Morgan fingerprint density at radius 2 is 1.83 bits per heavy atom. The van der Waals surface area contributed by atoms with Crippen LogP contribution in [0.15, 0.2) is 30.6 Å². The van der Waals surface area contributed by atoms with E-state index in [4.69, 9.17) is 4.74 Å². The highest BCUT2D eigenvalue weighted by Gasteiger charge is 2.34. The lowest BCUT2D eigenvalue weighted by atomic mass is 9.99. The number of β-amino-alcohol motifs (C(OH)–C–C–N with tert-alkyl or cyclic N) is 2.